The van der Waals surface area contributed by atoms with E-state index in [0.29, 0.717) is 0 Å². The normalized spacial score (nSPS) is 12.7. The van der Waals surface area contributed by atoms with E-state index in [1.165, 1.54) is 5.57 Å². The molecule has 0 saturated carbocycles. The van der Waals surface area contributed by atoms with Crippen molar-refractivity contribution < 1.29 is 9.47 Å². The smallest absolute Gasteiger partial charge is 0.0671 e. The number of ether oxygens (including phenoxy) is 2. The first-order valence-corrected chi connectivity index (χ1v) is 5.62. The summed E-state index contributed by atoms with van der Waals surface area (Å²) in [4.78, 5) is 0. The zero-order valence-corrected chi connectivity index (χ0v) is 10.3. The van der Waals surface area contributed by atoms with Gasteiger partial charge in [0.05, 0.1) is 12.7 Å². The maximum atomic E-state index is 5.60. The Labute approximate surface area is 93.8 Å². The van der Waals surface area contributed by atoms with Crippen LogP contribution in [0.4, 0.5) is 0 Å². The lowest BCUT2D eigenvalue weighted by atomic mass is 10.2. The minimum Gasteiger partial charge on any atom is -0.385 e. The molecule has 3 nitrogen and oxygen atoms in total. The molecule has 0 rings (SSSR count). The second kappa shape index (κ2) is 10.1. The van der Waals surface area contributed by atoms with Gasteiger partial charge >= 0.3 is 0 Å². The largest absolute Gasteiger partial charge is 0.385 e. The Morgan fingerprint density at radius 1 is 1.40 bits per heavy atom. The fourth-order valence-electron chi connectivity index (χ4n) is 1.14. The Bertz CT molecular complexity index is 160. The van der Waals surface area contributed by atoms with Gasteiger partial charge in [-0.05, 0) is 33.2 Å². The van der Waals surface area contributed by atoms with Gasteiger partial charge in [-0.2, -0.15) is 0 Å². The van der Waals surface area contributed by atoms with Crippen molar-refractivity contribution in [3.8, 4) is 0 Å². The predicted molar refractivity (Wildman–Crippen MR) is 64.2 cm³/mol. The fourth-order valence-corrected chi connectivity index (χ4v) is 1.14. The average molecular weight is 215 g/mol. The van der Waals surface area contributed by atoms with Gasteiger partial charge in [-0.25, -0.2) is 0 Å². The molecule has 0 saturated heterocycles. The summed E-state index contributed by atoms with van der Waals surface area (Å²) in [5, 5.41) is 3.33. The SMILES string of the molecule is C=C(C)CCOC(C)CNCCCOC. The summed E-state index contributed by atoms with van der Waals surface area (Å²) in [6.45, 7) is 11.4. The van der Waals surface area contributed by atoms with E-state index in [0.717, 1.165) is 39.1 Å². The first-order valence-electron chi connectivity index (χ1n) is 5.62. The summed E-state index contributed by atoms with van der Waals surface area (Å²) in [6.07, 6.45) is 2.27. The molecule has 15 heavy (non-hydrogen) atoms. The van der Waals surface area contributed by atoms with E-state index in [1.807, 2.05) is 6.92 Å². The van der Waals surface area contributed by atoms with E-state index in [-0.39, 0.29) is 6.10 Å². The number of rotatable bonds is 10. The summed E-state index contributed by atoms with van der Waals surface area (Å²) >= 11 is 0. The van der Waals surface area contributed by atoms with Crippen molar-refractivity contribution in [2.24, 2.45) is 0 Å². The van der Waals surface area contributed by atoms with Gasteiger partial charge in [-0.1, -0.05) is 5.57 Å². The Hall–Kier alpha value is -0.380. The Morgan fingerprint density at radius 2 is 2.13 bits per heavy atom. The molecule has 1 atom stereocenters. The van der Waals surface area contributed by atoms with Crippen LogP contribution in [0.25, 0.3) is 0 Å². The third-order valence-corrected chi connectivity index (χ3v) is 2.07. The van der Waals surface area contributed by atoms with Gasteiger partial charge in [0.15, 0.2) is 0 Å². The fraction of sp³-hybridized carbons (Fsp3) is 0.833. The van der Waals surface area contributed by atoms with E-state index in [1.54, 1.807) is 7.11 Å². The molecule has 0 spiro atoms. The highest BCUT2D eigenvalue weighted by atomic mass is 16.5. The molecule has 0 aromatic heterocycles. The van der Waals surface area contributed by atoms with Gasteiger partial charge in [0.1, 0.15) is 0 Å². The van der Waals surface area contributed by atoms with Gasteiger partial charge in [0.2, 0.25) is 0 Å². The molecule has 0 radical (unpaired) electrons. The van der Waals surface area contributed by atoms with Gasteiger partial charge in [-0.3, -0.25) is 0 Å². The van der Waals surface area contributed by atoms with Crippen molar-refractivity contribution in [2.75, 3.05) is 33.4 Å². The summed E-state index contributed by atoms with van der Waals surface area (Å²) in [5.74, 6) is 0. The van der Waals surface area contributed by atoms with E-state index in [9.17, 15) is 0 Å². The van der Waals surface area contributed by atoms with Crippen LogP contribution in [-0.2, 0) is 9.47 Å². The van der Waals surface area contributed by atoms with Crippen LogP contribution >= 0.6 is 0 Å². The Balaban J connectivity index is 3.18. The minimum atomic E-state index is 0.270. The van der Waals surface area contributed by atoms with Crippen LogP contribution in [0.5, 0.6) is 0 Å². The van der Waals surface area contributed by atoms with Crippen LogP contribution in [0.1, 0.15) is 26.7 Å². The Morgan fingerprint density at radius 3 is 2.73 bits per heavy atom. The second-order valence-corrected chi connectivity index (χ2v) is 3.94. The summed E-state index contributed by atoms with van der Waals surface area (Å²) in [5.41, 5.74) is 1.18. The van der Waals surface area contributed by atoms with Crippen LogP contribution in [-0.4, -0.2) is 39.5 Å². The lowest BCUT2D eigenvalue weighted by Gasteiger charge is -2.13. The van der Waals surface area contributed by atoms with Crippen molar-refractivity contribution in [3.05, 3.63) is 12.2 Å². The average Bonchev–Trinajstić information content (AvgIpc) is 2.17. The number of hydrogen-bond donors (Lipinski definition) is 1. The molecular weight excluding hydrogens is 190 g/mol. The monoisotopic (exact) mass is 215 g/mol. The molecule has 0 aromatic rings. The van der Waals surface area contributed by atoms with Crippen molar-refractivity contribution >= 4 is 0 Å². The minimum absolute atomic E-state index is 0.270. The molecule has 0 aliphatic carbocycles. The highest BCUT2D eigenvalue weighted by molar-refractivity contribution is 4.87. The molecule has 0 aromatic carbocycles. The van der Waals surface area contributed by atoms with Gasteiger partial charge in [0, 0.05) is 20.3 Å². The number of nitrogens with one attached hydrogen (secondary N) is 1. The zero-order chi connectivity index (χ0) is 11.5. The number of methoxy groups -OCH3 is 1. The molecule has 0 heterocycles. The summed E-state index contributed by atoms with van der Waals surface area (Å²) < 4.78 is 10.6. The maximum absolute atomic E-state index is 5.60. The predicted octanol–water partition coefficient (Wildman–Crippen LogP) is 1.98. The van der Waals surface area contributed by atoms with Crippen molar-refractivity contribution in [1.29, 1.82) is 0 Å². The lowest BCUT2D eigenvalue weighted by molar-refractivity contribution is 0.0679. The first-order chi connectivity index (χ1) is 7.16. The topological polar surface area (TPSA) is 30.5 Å². The molecular formula is C12H25NO2. The molecule has 90 valence electrons. The first kappa shape index (κ1) is 14.6. The van der Waals surface area contributed by atoms with Crippen LogP contribution in [0, 0.1) is 0 Å². The zero-order valence-electron chi connectivity index (χ0n) is 10.3. The summed E-state index contributed by atoms with van der Waals surface area (Å²) in [6, 6.07) is 0. The quantitative estimate of drug-likeness (QED) is 0.446. The van der Waals surface area contributed by atoms with Gasteiger partial charge in [0.25, 0.3) is 0 Å². The van der Waals surface area contributed by atoms with E-state index < -0.39 is 0 Å². The Kier molecular flexibility index (Phi) is 9.89. The lowest BCUT2D eigenvalue weighted by Crippen LogP contribution is -2.28. The highest BCUT2D eigenvalue weighted by Crippen LogP contribution is 1.98. The van der Waals surface area contributed by atoms with Crippen LogP contribution in [0.2, 0.25) is 0 Å². The standard InChI is InChI=1S/C12H25NO2/c1-11(2)6-9-15-12(3)10-13-7-5-8-14-4/h12-13H,1,5-10H2,2-4H3. The molecule has 3 heteroatoms. The van der Waals surface area contributed by atoms with Crippen LogP contribution in [0.15, 0.2) is 12.2 Å². The highest BCUT2D eigenvalue weighted by Gasteiger charge is 2.00. The van der Waals surface area contributed by atoms with Crippen LogP contribution in [0.3, 0.4) is 0 Å². The molecule has 1 N–H and O–H groups in total. The molecule has 0 bridgehead atoms. The van der Waals surface area contributed by atoms with Crippen molar-refractivity contribution in [1.82, 2.24) is 5.32 Å². The number of hydrogen-bond acceptors (Lipinski definition) is 3. The molecule has 0 amide bonds. The van der Waals surface area contributed by atoms with Crippen molar-refractivity contribution in [2.45, 2.75) is 32.8 Å². The van der Waals surface area contributed by atoms with Crippen LogP contribution < -0.4 is 5.32 Å². The maximum Gasteiger partial charge on any atom is 0.0671 e. The van der Waals surface area contributed by atoms with Gasteiger partial charge in [-0.15, -0.1) is 6.58 Å². The van der Waals surface area contributed by atoms with E-state index >= 15 is 0 Å². The molecule has 0 aliphatic rings. The van der Waals surface area contributed by atoms with E-state index in [2.05, 4.69) is 18.8 Å². The van der Waals surface area contributed by atoms with E-state index in [4.69, 9.17) is 9.47 Å². The molecule has 1 unspecified atom stereocenters. The summed E-state index contributed by atoms with van der Waals surface area (Å²) in [7, 11) is 1.73. The van der Waals surface area contributed by atoms with Crippen molar-refractivity contribution in [3.63, 3.8) is 0 Å². The third-order valence-electron chi connectivity index (χ3n) is 2.07. The molecule has 0 aliphatic heterocycles. The molecule has 0 fully saturated rings. The van der Waals surface area contributed by atoms with Gasteiger partial charge < -0.3 is 14.8 Å². The third kappa shape index (κ3) is 11.5. The second-order valence-electron chi connectivity index (χ2n) is 3.94.